The lowest BCUT2D eigenvalue weighted by Gasteiger charge is -2.23. The zero-order valence-electron chi connectivity index (χ0n) is 15.6. The highest BCUT2D eigenvalue weighted by Crippen LogP contribution is 2.29. The highest BCUT2D eigenvalue weighted by molar-refractivity contribution is 6.35. The molecule has 2 heterocycles. The minimum Gasteiger partial charge on any atom is -0.352 e. The number of hydrogen-bond acceptors (Lipinski definition) is 4. The summed E-state index contributed by atoms with van der Waals surface area (Å²) < 4.78 is 0. The van der Waals surface area contributed by atoms with E-state index in [1.54, 1.807) is 6.07 Å². The number of benzene rings is 1. The summed E-state index contributed by atoms with van der Waals surface area (Å²) in [5, 5.41) is 4.36. The summed E-state index contributed by atoms with van der Waals surface area (Å²) in [6.45, 7) is 1.64. The molecule has 0 spiro atoms. The van der Waals surface area contributed by atoms with Gasteiger partial charge in [0.2, 0.25) is 0 Å². The Morgan fingerprint density at radius 1 is 1.15 bits per heavy atom. The van der Waals surface area contributed by atoms with Gasteiger partial charge >= 0.3 is 0 Å². The van der Waals surface area contributed by atoms with Crippen LogP contribution in [0.5, 0.6) is 0 Å². The second-order valence-electron chi connectivity index (χ2n) is 7.78. The van der Waals surface area contributed by atoms with E-state index in [0.29, 0.717) is 16.5 Å². The first kappa shape index (κ1) is 18.5. The Bertz CT molecular complexity index is 834. The molecule has 0 bridgehead atoms. The van der Waals surface area contributed by atoms with Crippen molar-refractivity contribution in [1.82, 2.24) is 10.3 Å². The first-order valence-corrected chi connectivity index (χ1v) is 10.4. The maximum absolute atomic E-state index is 12.9. The van der Waals surface area contributed by atoms with E-state index >= 15 is 0 Å². The number of carbonyl (C=O) groups excluding carboxylic acids is 1. The van der Waals surface area contributed by atoms with Crippen molar-refractivity contribution in [2.24, 2.45) is 11.7 Å². The first-order chi connectivity index (χ1) is 13.1. The van der Waals surface area contributed by atoms with Gasteiger partial charge in [-0.3, -0.25) is 4.79 Å². The molecule has 27 heavy (non-hydrogen) atoms. The molecule has 1 aromatic carbocycles. The number of halogens is 1. The molecular weight excluding hydrogens is 360 g/mol. The minimum absolute atomic E-state index is 0.0144. The van der Waals surface area contributed by atoms with Crippen LogP contribution >= 0.6 is 11.6 Å². The van der Waals surface area contributed by atoms with Gasteiger partial charge < -0.3 is 16.0 Å². The fourth-order valence-corrected chi connectivity index (χ4v) is 4.60. The number of aromatic nitrogens is 1. The van der Waals surface area contributed by atoms with Crippen LogP contribution in [0, 0.1) is 5.92 Å². The fraction of sp³-hybridized carbons (Fsp3) is 0.524. The third kappa shape index (κ3) is 3.90. The van der Waals surface area contributed by atoms with E-state index in [1.807, 2.05) is 18.2 Å². The maximum atomic E-state index is 12.9. The summed E-state index contributed by atoms with van der Waals surface area (Å²) >= 11 is 6.39. The van der Waals surface area contributed by atoms with Crippen LogP contribution in [0.3, 0.4) is 0 Å². The molecule has 1 aliphatic carbocycles. The lowest BCUT2D eigenvalue weighted by molar-refractivity contribution is 0.0945. The number of rotatable bonds is 4. The smallest absolute Gasteiger partial charge is 0.253 e. The van der Waals surface area contributed by atoms with Gasteiger partial charge in [0.15, 0.2) is 0 Å². The van der Waals surface area contributed by atoms with Crippen LogP contribution in [0.2, 0.25) is 5.02 Å². The van der Waals surface area contributed by atoms with E-state index < -0.39 is 0 Å². The molecular formula is C21H27ClN4O. The van der Waals surface area contributed by atoms with Gasteiger partial charge in [-0.25, -0.2) is 4.98 Å². The first-order valence-electron chi connectivity index (χ1n) is 10.0. The monoisotopic (exact) mass is 386 g/mol. The standard InChI is InChI=1S/C21H27ClN4O/c22-16-9-10-17-15(8-11-19(25-17)26-12-4-7-18(26)23)20(16)21(27)24-13-14-5-2-1-3-6-14/h8-11,14,18H,1-7,12-13,23H2,(H,24,27). The van der Waals surface area contributed by atoms with Gasteiger partial charge in [-0.05, 0) is 55.9 Å². The Hall–Kier alpha value is -1.85. The number of carbonyl (C=O) groups is 1. The lowest BCUT2D eigenvalue weighted by atomic mass is 9.89. The molecule has 1 aliphatic heterocycles. The van der Waals surface area contributed by atoms with Gasteiger partial charge in [-0.15, -0.1) is 0 Å². The summed E-state index contributed by atoms with van der Waals surface area (Å²) in [5.41, 5.74) is 7.47. The van der Waals surface area contributed by atoms with Crippen molar-refractivity contribution in [3.63, 3.8) is 0 Å². The van der Waals surface area contributed by atoms with Crippen molar-refractivity contribution in [3.05, 3.63) is 34.9 Å². The van der Waals surface area contributed by atoms with Gasteiger partial charge in [0, 0.05) is 18.5 Å². The predicted molar refractivity (Wildman–Crippen MR) is 110 cm³/mol. The Kier molecular flexibility index (Phi) is 5.50. The molecule has 5 nitrogen and oxygen atoms in total. The largest absolute Gasteiger partial charge is 0.352 e. The Morgan fingerprint density at radius 2 is 1.96 bits per heavy atom. The second-order valence-corrected chi connectivity index (χ2v) is 8.18. The Morgan fingerprint density at radius 3 is 2.70 bits per heavy atom. The van der Waals surface area contributed by atoms with Crippen LogP contribution in [0.1, 0.15) is 55.3 Å². The molecule has 3 N–H and O–H groups in total. The van der Waals surface area contributed by atoms with Crippen molar-refractivity contribution in [1.29, 1.82) is 0 Å². The van der Waals surface area contributed by atoms with Crippen LogP contribution in [0.15, 0.2) is 24.3 Å². The molecule has 1 saturated carbocycles. The molecule has 4 rings (SSSR count). The number of hydrogen-bond donors (Lipinski definition) is 2. The SMILES string of the molecule is NC1CCCN1c1ccc2c(C(=O)NCC3CCCCC3)c(Cl)ccc2n1. The number of anilines is 1. The van der Waals surface area contributed by atoms with E-state index in [2.05, 4.69) is 10.2 Å². The average molecular weight is 387 g/mol. The molecule has 1 amide bonds. The minimum atomic E-state index is -0.108. The third-order valence-electron chi connectivity index (χ3n) is 5.90. The van der Waals surface area contributed by atoms with Gasteiger partial charge in [0.25, 0.3) is 5.91 Å². The summed E-state index contributed by atoms with van der Waals surface area (Å²) in [7, 11) is 0. The zero-order valence-corrected chi connectivity index (χ0v) is 16.3. The van der Waals surface area contributed by atoms with Crippen molar-refractivity contribution >= 4 is 34.2 Å². The average Bonchev–Trinajstić information content (AvgIpc) is 3.12. The Balaban J connectivity index is 1.57. The highest BCUT2D eigenvalue weighted by Gasteiger charge is 2.23. The van der Waals surface area contributed by atoms with Crippen molar-refractivity contribution in [2.75, 3.05) is 18.0 Å². The summed E-state index contributed by atoms with van der Waals surface area (Å²) in [6, 6.07) is 7.53. The lowest BCUT2D eigenvalue weighted by Crippen LogP contribution is -2.36. The highest BCUT2D eigenvalue weighted by atomic mass is 35.5. The van der Waals surface area contributed by atoms with Gasteiger partial charge in [0.1, 0.15) is 5.82 Å². The normalized spacial score (nSPS) is 21.0. The number of pyridine rings is 1. The van der Waals surface area contributed by atoms with Crippen molar-refractivity contribution in [2.45, 2.75) is 51.1 Å². The van der Waals surface area contributed by atoms with Crippen LogP contribution in [0.25, 0.3) is 10.9 Å². The third-order valence-corrected chi connectivity index (χ3v) is 6.22. The van der Waals surface area contributed by atoms with Crippen LogP contribution in [-0.2, 0) is 0 Å². The van der Waals surface area contributed by atoms with Gasteiger partial charge in [-0.1, -0.05) is 30.9 Å². The van der Waals surface area contributed by atoms with Gasteiger partial charge in [0.05, 0.1) is 22.3 Å². The fourth-order valence-electron chi connectivity index (χ4n) is 4.35. The van der Waals surface area contributed by atoms with E-state index in [1.165, 1.54) is 32.1 Å². The molecule has 2 fully saturated rings. The number of nitrogens with one attached hydrogen (secondary N) is 1. The van der Waals surface area contributed by atoms with Crippen LogP contribution in [0.4, 0.5) is 5.82 Å². The predicted octanol–water partition coefficient (Wildman–Crippen LogP) is 4.08. The molecule has 1 saturated heterocycles. The van der Waals surface area contributed by atoms with E-state index in [-0.39, 0.29) is 12.1 Å². The van der Waals surface area contributed by atoms with Crippen LogP contribution in [-0.4, -0.2) is 30.1 Å². The molecule has 2 aromatic rings. The molecule has 1 atom stereocenters. The molecule has 6 heteroatoms. The number of nitrogens with two attached hydrogens (primary N) is 1. The number of nitrogens with zero attached hydrogens (tertiary/aromatic N) is 2. The number of fused-ring (bicyclic) bond motifs is 1. The second kappa shape index (κ2) is 8.03. The van der Waals surface area contributed by atoms with E-state index in [0.717, 1.165) is 42.7 Å². The topological polar surface area (TPSA) is 71.2 Å². The van der Waals surface area contributed by atoms with E-state index in [4.69, 9.17) is 22.3 Å². The van der Waals surface area contributed by atoms with E-state index in [9.17, 15) is 4.79 Å². The molecule has 1 unspecified atom stereocenters. The molecule has 2 aliphatic rings. The number of amides is 1. The quantitative estimate of drug-likeness (QED) is 0.830. The molecule has 0 radical (unpaired) electrons. The van der Waals surface area contributed by atoms with Crippen molar-refractivity contribution < 1.29 is 4.79 Å². The molecule has 144 valence electrons. The summed E-state index contributed by atoms with van der Waals surface area (Å²) in [6.07, 6.45) is 8.32. The molecule has 1 aromatic heterocycles. The Labute approximate surface area is 165 Å². The van der Waals surface area contributed by atoms with Crippen LogP contribution < -0.4 is 16.0 Å². The van der Waals surface area contributed by atoms with Gasteiger partial charge in [-0.2, -0.15) is 0 Å². The maximum Gasteiger partial charge on any atom is 0.253 e. The zero-order chi connectivity index (χ0) is 18.8. The summed E-state index contributed by atoms with van der Waals surface area (Å²) in [5.74, 6) is 1.34. The summed E-state index contributed by atoms with van der Waals surface area (Å²) in [4.78, 5) is 19.7. The van der Waals surface area contributed by atoms with Crippen molar-refractivity contribution in [3.8, 4) is 0 Å².